The minimum atomic E-state index is -0.422. The van der Waals surface area contributed by atoms with Crippen LogP contribution < -0.4 is 10.2 Å². The van der Waals surface area contributed by atoms with Gasteiger partial charge in [0.1, 0.15) is 11.6 Å². The maximum absolute atomic E-state index is 14.0. The molecular formula is C19H22F2N6S. The van der Waals surface area contributed by atoms with Gasteiger partial charge in [-0.05, 0) is 19.1 Å². The highest BCUT2D eigenvalue weighted by Crippen LogP contribution is 2.22. The van der Waals surface area contributed by atoms with Crippen LogP contribution in [0.15, 0.2) is 41.0 Å². The lowest BCUT2D eigenvalue weighted by Crippen LogP contribution is -2.52. The summed E-state index contributed by atoms with van der Waals surface area (Å²) in [5.74, 6) is 0.00194. The van der Waals surface area contributed by atoms with Crippen LogP contribution in [-0.2, 0) is 6.54 Å². The lowest BCUT2D eigenvalue weighted by atomic mass is 10.2. The van der Waals surface area contributed by atoms with Gasteiger partial charge in [0, 0.05) is 56.6 Å². The van der Waals surface area contributed by atoms with Crippen molar-refractivity contribution in [1.29, 1.82) is 0 Å². The summed E-state index contributed by atoms with van der Waals surface area (Å²) in [6.45, 7) is 5.85. The summed E-state index contributed by atoms with van der Waals surface area (Å²) in [6, 6.07) is 3.58. The van der Waals surface area contributed by atoms with Crippen LogP contribution in [0.1, 0.15) is 12.6 Å². The Morgan fingerprint density at radius 3 is 2.82 bits per heavy atom. The lowest BCUT2D eigenvalue weighted by molar-refractivity contribution is 0.370. The molecule has 0 amide bonds. The number of anilines is 1. The van der Waals surface area contributed by atoms with E-state index in [1.807, 2.05) is 34.0 Å². The standard InChI is InChI=1S/C19H22F2N6S/c1-2-22-18(23-12-15-13-27-9-10-28-19(27)24-15)26-7-5-25(6-8-26)17-11-14(20)3-4-16(17)21/h3-4,9-11,13H,2,5-8,12H2,1H3,(H,22,23). The number of halogens is 2. The van der Waals surface area contributed by atoms with E-state index in [4.69, 9.17) is 4.99 Å². The molecule has 4 rings (SSSR count). The van der Waals surface area contributed by atoms with E-state index in [1.165, 1.54) is 12.1 Å². The van der Waals surface area contributed by atoms with Crippen LogP contribution in [0.5, 0.6) is 0 Å². The van der Waals surface area contributed by atoms with Crippen LogP contribution in [0.2, 0.25) is 0 Å². The van der Waals surface area contributed by atoms with Crippen LogP contribution >= 0.6 is 11.3 Å². The number of aliphatic imine (C=N–C) groups is 1. The van der Waals surface area contributed by atoms with E-state index in [9.17, 15) is 8.78 Å². The highest BCUT2D eigenvalue weighted by Gasteiger charge is 2.22. The fourth-order valence-electron chi connectivity index (χ4n) is 3.32. The predicted molar refractivity (Wildman–Crippen MR) is 108 cm³/mol. The van der Waals surface area contributed by atoms with E-state index >= 15 is 0 Å². The number of fused-ring (bicyclic) bond motifs is 1. The lowest BCUT2D eigenvalue weighted by Gasteiger charge is -2.37. The van der Waals surface area contributed by atoms with Crippen molar-refractivity contribution in [3.05, 3.63) is 53.3 Å². The molecule has 0 bridgehead atoms. The molecule has 3 heterocycles. The van der Waals surface area contributed by atoms with Gasteiger partial charge in [-0.25, -0.2) is 18.8 Å². The van der Waals surface area contributed by atoms with Gasteiger partial charge in [-0.1, -0.05) is 0 Å². The first-order chi connectivity index (χ1) is 13.6. The van der Waals surface area contributed by atoms with E-state index in [-0.39, 0.29) is 0 Å². The zero-order valence-electron chi connectivity index (χ0n) is 15.6. The maximum Gasteiger partial charge on any atom is 0.194 e. The van der Waals surface area contributed by atoms with Crippen LogP contribution in [0.3, 0.4) is 0 Å². The molecule has 1 N–H and O–H groups in total. The molecule has 3 aromatic rings. The topological polar surface area (TPSA) is 48.2 Å². The van der Waals surface area contributed by atoms with Crippen molar-refractivity contribution in [2.24, 2.45) is 4.99 Å². The number of nitrogens with one attached hydrogen (secondary N) is 1. The second kappa shape index (κ2) is 8.14. The van der Waals surface area contributed by atoms with E-state index in [1.54, 1.807) is 11.3 Å². The monoisotopic (exact) mass is 404 g/mol. The zero-order valence-corrected chi connectivity index (χ0v) is 16.4. The molecule has 1 saturated heterocycles. The first kappa shape index (κ1) is 18.7. The number of hydrogen-bond acceptors (Lipinski definition) is 4. The number of rotatable bonds is 4. The Morgan fingerprint density at radius 2 is 2.07 bits per heavy atom. The molecule has 1 aliphatic rings. The van der Waals surface area contributed by atoms with Gasteiger partial charge in [-0.3, -0.25) is 4.40 Å². The molecule has 2 aromatic heterocycles. The maximum atomic E-state index is 14.0. The fourth-order valence-corrected chi connectivity index (χ4v) is 4.04. The fraction of sp³-hybridized carbons (Fsp3) is 0.368. The van der Waals surface area contributed by atoms with E-state index < -0.39 is 11.6 Å². The van der Waals surface area contributed by atoms with Gasteiger partial charge in [-0.2, -0.15) is 0 Å². The van der Waals surface area contributed by atoms with E-state index in [2.05, 4.69) is 15.2 Å². The number of imidazole rings is 1. The largest absolute Gasteiger partial charge is 0.366 e. The number of hydrogen-bond donors (Lipinski definition) is 1. The number of piperazine rings is 1. The van der Waals surface area contributed by atoms with Crippen LogP contribution in [-0.4, -0.2) is 53.0 Å². The average Bonchev–Trinajstić information content (AvgIpc) is 3.29. The minimum absolute atomic E-state index is 0.319. The molecule has 1 fully saturated rings. The minimum Gasteiger partial charge on any atom is -0.366 e. The van der Waals surface area contributed by atoms with Crippen molar-refractivity contribution in [2.45, 2.75) is 13.5 Å². The van der Waals surface area contributed by atoms with Gasteiger partial charge in [0.05, 0.1) is 17.9 Å². The number of guanidine groups is 1. The normalized spacial score (nSPS) is 15.5. The molecule has 1 aromatic carbocycles. The molecular weight excluding hydrogens is 382 g/mol. The molecule has 0 unspecified atom stereocenters. The van der Waals surface area contributed by atoms with E-state index in [0.717, 1.165) is 29.2 Å². The Morgan fingerprint density at radius 1 is 1.25 bits per heavy atom. The molecule has 0 radical (unpaired) electrons. The van der Waals surface area contributed by atoms with Crippen molar-refractivity contribution in [2.75, 3.05) is 37.6 Å². The smallest absolute Gasteiger partial charge is 0.194 e. The number of nitrogens with zero attached hydrogens (tertiary/aromatic N) is 5. The van der Waals surface area contributed by atoms with Crippen molar-refractivity contribution in [3.63, 3.8) is 0 Å². The second-order valence-corrected chi connectivity index (χ2v) is 7.44. The first-order valence-corrected chi connectivity index (χ1v) is 10.2. The third-order valence-electron chi connectivity index (χ3n) is 4.70. The number of benzene rings is 1. The molecule has 1 aliphatic heterocycles. The molecule has 6 nitrogen and oxygen atoms in total. The Labute approximate surface area is 166 Å². The average molecular weight is 404 g/mol. The van der Waals surface area contributed by atoms with Crippen molar-refractivity contribution >= 4 is 27.9 Å². The molecule has 0 saturated carbocycles. The Balaban J connectivity index is 1.42. The van der Waals surface area contributed by atoms with Crippen LogP contribution in [0.25, 0.3) is 4.96 Å². The predicted octanol–water partition coefficient (Wildman–Crippen LogP) is 2.96. The molecule has 0 atom stereocenters. The summed E-state index contributed by atoms with van der Waals surface area (Å²) in [4.78, 5) is 14.3. The second-order valence-electron chi connectivity index (χ2n) is 6.57. The van der Waals surface area contributed by atoms with Gasteiger partial charge < -0.3 is 15.1 Å². The van der Waals surface area contributed by atoms with Crippen LogP contribution in [0, 0.1) is 11.6 Å². The van der Waals surface area contributed by atoms with E-state index in [0.29, 0.717) is 38.4 Å². The highest BCUT2D eigenvalue weighted by atomic mass is 32.1. The summed E-state index contributed by atoms with van der Waals surface area (Å²) in [5.41, 5.74) is 1.24. The number of aromatic nitrogens is 2. The molecule has 148 valence electrons. The Bertz CT molecular complexity index is 945. The molecule has 0 spiro atoms. The summed E-state index contributed by atoms with van der Waals surface area (Å²) in [5, 5.41) is 5.32. The van der Waals surface area contributed by atoms with Crippen molar-refractivity contribution in [1.82, 2.24) is 19.6 Å². The third-order valence-corrected chi connectivity index (χ3v) is 5.47. The summed E-state index contributed by atoms with van der Waals surface area (Å²) in [7, 11) is 0. The van der Waals surface area contributed by atoms with Crippen molar-refractivity contribution in [3.8, 4) is 0 Å². The van der Waals surface area contributed by atoms with Gasteiger partial charge in [0.25, 0.3) is 0 Å². The molecule has 0 aliphatic carbocycles. The summed E-state index contributed by atoms with van der Waals surface area (Å²) >= 11 is 1.60. The summed E-state index contributed by atoms with van der Waals surface area (Å²) < 4.78 is 29.5. The molecule has 9 heteroatoms. The van der Waals surface area contributed by atoms with Crippen LogP contribution in [0.4, 0.5) is 14.5 Å². The SMILES string of the molecule is CCNC(=NCc1cn2ccsc2n1)N1CCN(c2cc(F)ccc2F)CC1. The van der Waals surface area contributed by atoms with Gasteiger partial charge in [0.2, 0.25) is 0 Å². The first-order valence-electron chi connectivity index (χ1n) is 9.28. The van der Waals surface area contributed by atoms with Crippen molar-refractivity contribution < 1.29 is 8.78 Å². The zero-order chi connectivity index (χ0) is 19.5. The number of thiazole rings is 1. The van der Waals surface area contributed by atoms with Gasteiger partial charge >= 0.3 is 0 Å². The third kappa shape index (κ3) is 3.94. The molecule has 28 heavy (non-hydrogen) atoms. The van der Waals surface area contributed by atoms with Gasteiger partial charge in [0.15, 0.2) is 10.9 Å². The summed E-state index contributed by atoms with van der Waals surface area (Å²) in [6.07, 6.45) is 3.97. The Hall–Kier alpha value is -2.68. The Kier molecular flexibility index (Phi) is 5.43. The quantitative estimate of drug-likeness (QED) is 0.537. The highest BCUT2D eigenvalue weighted by molar-refractivity contribution is 7.15. The van der Waals surface area contributed by atoms with Gasteiger partial charge in [-0.15, -0.1) is 11.3 Å².